The molecule has 0 saturated heterocycles. The molecule has 0 aliphatic heterocycles. The van der Waals surface area contributed by atoms with Gasteiger partial charge in [-0.05, 0) is 31.1 Å². The van der Waals surface area contributed by atoms with Gasteiger partial charge in [-0.1, -0.05) is 12.2 Å². The van der Waals surface area contributed by atoms with E-state index in [2.05, 4.69) is 6.58 Å². The number of halogens is 2. The van der Waals surface area contributed by atoms with Crippen molar-refractivity contribution in [2.75, 3.05) is 0 Å². The number of fused-ring (bicyclic) bond motifs is 1. The minimum absolute atomic E-state index is 0.0658. The summed E-state index contributed by atoms with van der Waals surface area (Å²) in [5.41, 5.74) is 1.24. The van der Waals surface area contributed by atoms with Crippen LogP contribution in [0.3, 0.4) is 0 Å². The maximum atomic E-state index is 12.9. The largest absolute Gasteiger partial charge is 0.248 e. The van der Waals surface area contributed by atoms with Gasteiger partial charge in [0.05, 0.1) is 0 Å². The van der Waals surface area contributed by atoms with Crippen molar-refractivity contribution in [3.63, 3.8) is 0 Å². The van der Waals surface area contributed by atoms with Crippen LogP contribution in [0.15, 0.2) is 12.2 Å². The molecule has 0 bridgehead atoms. The SMILES string of the molecule is C=C(C)C12CCC(F)(F)CC1C2. The molecule has 0 radical (unpaired) electrons. The van der Waals surface area contributed by atoms with Crippen molar-refractivity contribution in [3.8, 4) is 0 Å². The van der Waals surface area contributed by atoms with E-state index in [4.69, 9.17) is 0 Å². The lowest BCUT2D eigenvalue weighted by atomic mass is 9.82. The third-order valence-corrected chi connectivity index (χ3v) is 3.56. The van der Waals surface area contributed by atoms with E-state index in [1.807, 2.05) is 6.92 Å². The van der Waals surface area contributed by atoms with Crippen molar-refractivity contribution >= 4 is 0 Å². The molecule has 2 heteroatoms. The number of allylic oxidation sites excluding steroid dienone is 1. The highest BCUT2D eigenvalue weighted by atomic mass is 19.3. The van der Waals surface area contributed by atoms with Crippen LogP contribution in [-0.4, -0.2) is 5.92 Å². The molecular weight excluding hydrogens is 158 g/mol. The van der Waals surface area contributed by atoms with Gasteiger partial charge < -0.3 is 0 Å². The van der Waals surface area contributed by atoms with Gasteiger partial charge in [-0.2, -0.15) is 0 Å². The highest BCUT2D eigenvalue weighted by Gasteiger charge is 2.61. The second-order valence-corrected chi connectivity index (χ2v) is 4.40. The molecule has 2 saturated carbocycles. The Bertz CT molecular complexity index is 232. The number of hydrogen-bond donors (Lipinski definition) is 0. The van der Waals surface area contributed by atoms with Crippen molar-refractivity contribution in [2.45, 2.75) is 38.5 Å². The van der Waals surface area contributed by atoms with Gasteiger partial charge in [0.2, 0.25) is 5.92 Å². The summed E-state index contributed by atoms with van der Waals surface area (Å²) >= 11 is 0. The molecular formula is C10H14F2. The van der Waals surface area contributed by atoms with Gasteiger partial charge in [-0.25, -0.2) is 8.78 Å². The topological polar surface area (TPSA) is 0 Å². The van der Waals surface area contributed by atoms with Crippen molar-refractivity contribution in [2.24, 2.45) is 11.3 Å². The lowest BCUT2D eigenvalue weighted by Gasteiger charge is -2.28. The molecule has 0 nitrogen and oxygen atoms in total. The van der Waals surface area contributed by atoms with Crippen molar-refractivity contribution in [3.05, 3.63) is 12.2 Å². The molecule has 0 aromatic carbocycles. The van der Waals surface area contributed by atoms with E-state index in [1.165, 1.54) is 0 Å². The number of rotatable bonds is 1. The first-order chi connectivity index (χ1) is 5.46. The van der Waals surface area contributed by atoms with Gasteiger partial charge in [0.15, 0.2) is 0 Å². The Morgan fingerprint density at radius 3 is 2.50 bits per heavy atom. The molecule has 0 aromatic rings. The van der Waals surface area contributed by atoms with E-state index < -0.39 is 5.92 Å². The fraction of sp³-hybridized carbons (Fsp3) is 0.800. The lowest BCUT2D eigenvalue weighted by Crippen LogP contribution is -2.26. The average molecular weight is 172 g/mol. The molecule has 0 heterocycles. The normalized spacial score (nSPS) is 43.4. The molecule has 2 rings (SSSR count). The zero-order valence-corrected chi connectivity index (χ0v) is 7.37. The predicted molar refractivity (Wildman–Crippen MR) is 44.2 cm³/mol. The van der Waals surface area contributed by atoms with Crippen molar-refractivity contribution in [1.82, 2.24) is 0 Å². The van der Waals surface area contributed by atoms with E-state index in [1.54, 1.807) is 0 Å². The van der Waals surface area contributed by atoms with Crippen LogP contribution < -0.4 is 0 Å². The van der Waals surface area contributed by atoms with Gasteiger partial charge in [-0.3, -0.25) is 0 Å². The highest BCUT2D eigenvalue weighted by molar-refractivity contribution is 5.23. The van der Waals surface area contributed by atoms with Gasteiger partial charge in [0.1, 0.15) is 0 Å². The maximum Gasteiger partial charge on any atom is 0.248 e. The van der Waals surface area contributed by atoms with E-state index in [0.29, 0.717) is 6.42 Å². The summed E-state index contributed by atoms with van der Waals surface area (Å²) in [6.07, 6.45) is 1.77. The van der Waals surface area contributed by atoms with Crippen LogP contribution in [0, 0.1) is 11.3 Å². The third-order valence-electron chi connectivity index (χ3n) is 3.56. The molecule has 2 unspecified atom stereocenters. The van der Waals surface area contributed by atoms with Crippen LogP contribution in [0.25, 0.3) is 0 Å². The Morgan fingerprint density at radius 1 is 1.33 bits per heavy atom. The summed E-state index contributed by atoms with van der Waals surface area (Å²) in [5.74, 6) is -2.15. The molecule has 2 aliphatic carbocycles. The van der Waals surface area contributed by atoms with E-state index >= 15 is 0 Å². The van der Waals surface area contributed by atoms with Crippen LogP contribution in [0.1, 0.15) is 32.6 Å². The zero-order valence-electron chi connectivity index (χ0n) is 7.37. The molecule has 2 atom stereocenters. The average Bonchev–Trinajstić information content (AvgIpc) is 2.60. The van der Waals surface area contributed by atoms with E-state index in [-0.39, 0.29) is 24.2 Å². The van der Waals surface area contributed by atoms with Gasteiger partial charge >= 0.3 is 0 Å². The summed E-state index contributed by atoms with van der Waals surface area (Å²) in [7, 11) is 0. The number of alkyl halides is 2. The molecule has 2 fully saturated rings. The molecule has 2 aliphatic rings. The van der Waals surface area contributed by atoms with Crippen LogP contribution in [-0.2, 0) is 0 Å². The van der Waals surface area contributed by atoms with Crippen LogP contribution in [0.5, 0.6) is 0 Å². The summed E-state index contributed by atoms with van der Waals surface area (Å²) in [5, 5.41) is 0. The Hall–Kier alpha value is -0.400. The standard InChI is InChI=1S/C10H14F2/c1-7(2)9-3-4-10(11,12)6-8(9)5-9/h8H,1,3-6H2,2H3. The molecule has 68 valence electrons. The van der Waals surface area contributed by atoms with Crippen molar-refractivity contribution in [1.29, 1.82) is 0 Å². The second-order valence-electron chi connectivity index (χ2n) is 4.40. The Kier molecular flexibility index (Phi) is 1.43. The lowest BCUT2D eigenvalue weighted by molar-refractivity contribution is -0.0444. The Balaban J connectivity index is 2.10. The molecule has 0 amide bonds. The molecule has 0 spiro atoms. The quantitative estimate of drug-likeness (QED) is 0.532. The van der Waals surface area contributed by atoms with Crippen LogP contribution in [0.4, 0.5) is 8.78 Å². The van der Waals surface area contributed by atoms with Gasteiger partial charge in [-0.15, -0.1) is 0 Å². The third kappa shape index (κ3) is 1.00. The zero-order chi connectivity index (χ0) is 8.98. The van der Waals surface area contributed by atoms with E-state index in [0.717, 1.165) is 12.0 Å². The predicted octanol–water partition coefficient (Wildman–Crippen LogP) is 3.39. The first kappa shape index (κ1) is 8.21. The fourth-order valence-corrected chi connectivity index (χ4v) is 2.56. The fourth-order valence-electron chi connectivity index (χ4n) is 2.56. The molecule has 12 heavy (non-hydrogen) atoms. The summed E-state index contributed by atoms with van der Waals surface area (Å²) in [6, 6.07) is 0. The molecule has 0 aromatic heterocycles. The number of hydrogen-bond acceptors (Lipinski definition) is 0. The minimum Gasteiger partial charge on any atom is -0.207 e. The van der Waals surface area contributed by atoms with Crippen LogP contribution >= 0.6 is 0 Å². The maximum absolute atomic E-state index is 12.9. The monoisotopic (exact) mass is 172 g/mol. The second kappa shape index (κ2) is 2.09. The smallest absolute Gasteiger partial charge is 0.207 e. The summed E-state index contributed by atoms with van der Waals surface area (Å²) in [6.45, 7) is 5.87. The van der Waals surface area contributed by atoms with Crippen LogP contribution in [0.2, 0.25) is 0 Å². The minimum atomic E-state index is -2.39. The first-order valence-electron chi connectivity index (χ1n) is 4.50. The first-order valence-corrected chi connectivity index (χ1v) is 4.50. The van der Waals surface area contributed by atoms with Crippen molar-refractivity contribution < 1.29 is 8.78 Å². The summed E-state index contributed by atoms with van der Waals surface area (Å²) < 4.78 is 25.8. The summed E-state index contributed by atoms with van der Waals surface area (Å²) in [4.78, 5) is 0. The van der Waals surface area contributed by atoms with Gasteiger partial charge in [0, 0.05) is 12.8 Å². The Morgan fingerprint density at radius 2 is 2.00 bits per heavy atom. The van der Waals surface area contributed by atoms with Gasteiger partial charge in [0.25, 0.3) is 0 Å². The van der Waals surface area contributed by atoms with E-state index in [9.17, 15) is 8.78 Å². The Labute approximate surface area is 71.7 Å². The highest BCUT2D eigenvalue weighted by Crippen LogP contribution is 2.67. The molecule has 0 N–H and O–H groups in total.